The highest BCUT2D eigenvalue weighted by Crippen LogP contribution is 2.37. The number of nitrogens with zero attached hydrogens (tertiary/aromatic N) is 2. The zero-order valence-electron chi connectivity index (χ0n) is 13.9. The van der Waals surface area contributed by atoms with Crippen LogP contribution in [0.5, 0.6) is 0 Å². The summed E-state index contributed by atoms with van der Waals surface area (Å²) in [7, 11) is 1.73. The van der Waals surface area contributed by atoms with Crippen LogP contribution in [0.1, 0.15) is 11.3 Å². The number of furan rings is 1. The van der Waals surface area contributed by atoms with Crippen molar-refractivity contribution < 1.29 is 14.1 Å². The van der Waals surface area contributed by atoms with Gasteiger partial charge in [-0.25, -0.2) is 0 Å². The van der Waals surface area contributed by atoms with Gasteiger partial charge in [-0.2, -0.15) is 0 Å². The lowest BCUT2D eigenvalue weighted by Gasteiger charge is -2.07. The molecule has 26 heavy (non-hydrogen) atoms. The third kappa shape index (κ3) is 2.57. The summed E-state index contributed by atoms with van der Waals surface area (Å²) in [6.07, 6.45) is 1.70. The van der Waals surface area contributed by atoms with Crippen LogP contribution in [0, 0.1) is 10.1 Å². The van der Waals surface area contributed by atoms with Crippen LogP contribution in [-0.4, -0.2) is 17.9 Å². The van der Waals surface area contributed by atoms with Crippen LogP contribution in [0.25, 0.3) is 23.0 Å². The molecule has 2 aromatic carbocycles. The number of fused-ring (bicyclic) bond motifs is 1. The minimum absolute atomic E-state index is 0.000303. The summed E-state index contributed by atoms with van der Waals surface area (Å²) in [5.74, 6) is 0.923. The topological polar surface area (TPSA) is 76.6 Å². The second-order valence-electron chi connectivity index (χ2n) is 5.95. The van der Waals surface area contributed by atoms with Crippen LogP contribution < -0.4 is 4.90 Å². The van der Waals surface area contributed by atoms with E-state index in [1.807, 2.05) is 24.3 Å². The summed E-state index contributed by atoms with van der Waals surface area (Å²) in [5.41, 5.74) is 2.88. The number of hydrogen-bond donors (Lipinski definition) is 0. The second kappa shape index (κ2) is 6.00. The first-order valence-electron chi connectivity index (χ1n) is 7.98. The molecular weight excluding hydrogens is 332 g/mol. The average molecular weight is 346 g/mol. The van der Waals surface area contributed by atoms with Crippen LogP contribution in [0.4, 0.5) is 11.4 Å². The molecule has 2 heterocycles. The summed E-state index contributed by atoms with van der Waals surface area (Å²) in [4.78, 5) is 24.6. The molecule has 0 bridgehead atoms. The summed E-state index contributed by atoms with van der Waals surface area (Å²) < 4.78 is 5.80. The molecule has 3 aromatic rings. The lowest BCUT2D eigenvalue weighted by atomic mass is 10.1. The molecule has 6 heteroatoms. The number of benzene rings is 2. The molecular formula is C20H14N2O4. The molecule has 0 saturated heterocycles. The van der Waals surface area contributed by atoms with Gasteiger partial charge in [0.25, 0.3) is 11.6 Å². The second-order valence-corrected chi connectivity index (χ2v) is 5.95. The van der Waals surface area contributed by atoms with E-state index in [1.165, 1.54) is 12.1 Å². The van der Waals surface area contributed by atoms with E-state index in [2.05, 4.69) is 0 Å². The first-order valence-corrected chi connectivity index (χ1v) is 7.98. The molecule has 1 aliphatic rings. The Balaban J connectivity index is 1.72. The smallest absolute Gasteiger partial charge is 0.270 e. The Morgan fingerprint density at radius 2 is 1.88 bits per heavy atom. The van der Waals surface area contributed by atoms with Crippen molar-refractivity contribution in [2.24, 2.45) is 0 Å². The minimum Gasteiger partial charge on any atom is -0.457 e. The maximum absolute atomic E-state index is 12.5. The van der Waals surface area contributed by atoms with Gasteiger partial charge in [-0.3, -0.25) is 14.9 Å². The Kier molecular flexibility index (Phi) is 3.65. The van der Waals surface area contributed by atoms with Gasteiger partial charge in [0.1, 0.15) is 11.5 Å². The van der Waals surface area contributed by atoms with Crippen molar-refractivity contribution in [1.29, 1.82) is 0 Å². The Hall–Kier alpha value is -3.67. The third-order valence-electron chi connectivity index (χ3n) is 4.35. The highest BCUT2D eigenvalue weighted by atomic mass is 16.6. The van der Waals surface area contributed by atoms with Crippen LogP contribution in [0.3, 0.4) is 0 Å². The zero-order valence-corrected chi connectivity index (χ0v) is 13.9. The van der Waals surface area contributed by atoms with E-state index in [9.17, 15) is 14.9 Å². The molecule has 0 unspecified atom stereocenters. The normalized spacial score (nSPS) is 14.7. The maximum Gasteiger partial charge on any atom is 0.270 e. The molecule has 0 aliphatic carbocycles. The third-order valence-corrected chi connectivity index (χ3v) is 4.35. The van der Waals surface area contributed by atoms with Gasteiger partial charge in [0.2, 0.25) is 0 Å². The number of non-ortho nitro benzene ring substituents is 1. The first-order chi connectivity index (χ1) is 12.5. The summed E-state index contributed by atoms with van der Waals surface area (Å²) in [6.45, 7) is 0. The number of carbonyl (C=O) groups is 1. The molecule has 0 fully saturated rings. The van der Waals surface area contributed by atoms with Crippen LogP contribution in [0.2, 0.25) is 0 Å². The van der Waals surface area contributed by atoms with E-state index < -0.39 is 4.92 Å². The summed E-state index contributed by atoms with van der Waals surface area (Å²) in [6, 6.07) is 17.3. The molecule has 1 amide bonds. The zero-order chi connectivity index (χ0) is 18.3. The fourth-order valence-corrected chi connectivity index (χ4v) is 3.04. The van der Waals surface area contributed by atoms with E-state index >= 15 is 0 Å². The lowest BCUT2D eigenvalue weighted by Crippen LogP contribution is -2.20. The number of carbonyl (C=O) groups excluding carboxylic acids is 1. The van der Waals surface area contributed by atoms with E-state index in [-0.39, 0.29) is 11.6 Å². The number of hydrogen-bond acceptors (Lipinski definition) is 4. The predicted molar refractivity (Wildman–Crippen MR) is 98.5 cm³/mol. The molecule has 0 radical (unpaired) electrons. The van der Waals surface area contributed by atoms with Gasteiger partial charge in [-0.15, -0.1) is 0 Å². The van der Waals surface area contributed by atoms with E-state index in [0.717, 1.165) is 11.3 Å². The number of nitro groups is 1. The molecule has 6 nitrogen and oxygen atoms in total. The van der Waals surface area contributed by atoms with Gasteiger partial charge in [0.05, 0.1) is 16.2 Å². The molecule has 0 saturated carbocycles. The van der Waals surface area contributed by atoms with Gasteiger partial charge >= 0.3 is 0 Å². The number of nitro benzene ring substituents is 1. The summed E-state index contributed by atoms with van der Waals surface area (Å²) >= 11 is 0. The van der Waals surface area contributed by atoms with Gasteiger partial charge < -0.3 is 9.32 Å². The van der Waals surface area contributed by atoms with E-state index in [0.29, 0.717) is 22.7 Å². The standard InChI is InChI=1S/C20H14N2O4/c1-21-18-8-3-2-7-16(18)17(20(21)23)12-15-9-10-19(26-15)13-5-4-6-14(11-13)22(24)25/h2-12H,1H3/b17-12-. The Morgan fingerprint density at radius 1 is 1.08 bits per heavy atom. The van der Waals surface area contributed by atoms with Gasteiger partial charge in [-0.05, 0) is 24.3 Å². The van der Waals surface area contributed by atoms with Gasteiger partial charge in [0.15, 0.2) is 0 Å². The SMILES string of the molecule is CN1C(=O)/C(=C\c2ccc(-c3cccc([N+](=O)[O-])c3)o2)c2ccccc21. The lowest BCUT2D eigenvalue weighted by molar-refractivity contribution is -0.384. The largest absolute Gasteiger partial charge is 0.457 e. The van der Waals surface area contributed by atoms with Crippen LogP contribution in [0.15, 0.2) is 65.1 Å². The van der Waals surface area contributed by atoms with Crippen LogP contribution in [-0.2, 0) is 4.79 Å². The quantitative estimate of drug-likeness (QED) is 0.401. The molecule has 0 atom stereocenters. The first kappa shape index (κ1) is 15.8. The molecule has 4 rings (SSSR count). The molecule has 0 N–H and O–H groups in total. The predicted octanol–water partition coefficient (Wildman–Crippen LogP) is 4.37. The van der Waals surface area contributed by atoms with Crippen molar-refractivity contribution in [2.75, 3.05) is 11.9 Å². The molecule has 1 aromatic heterocycles. The number of likely N-dealkylation sites (N-methyl/N-ethyl adjacent to an activating group) is 1. The van der Waals surface area contributed by atoms with Crippen molar-refractivity contribution in [1.82, 2.24) is 0 Å². The van der Waals surface area contributed by atoms with Crippen LogP contribution >= 0.6 is 0 Å². The van der Waals surface area contributed by atoms with Crippen molar-refractivity contribution in [3.05, 3.63) is 82.1 Å². The number of para-hydroxylation sites is 1. The Bertz CT molecular complexity index is 1060. The monoisotopic (exact) mass is 346 g/mol. The van der Waals surface area contributed by atoms with Crippen molar-refractivity contribution in [2.45, 2.75) is 0 Å². The van der Waals surface area contributed by atoms with Crippen molar-refractivity contribution in [3.8, 4) is 11.3 Å². The van der Waals surface area contributed by atoms with Gasteiger partial charge in [-0.1, -0.05) is 30.3 Å². The maximum atomic E-state index is 12.5. The van der Waals surface area contributed by atoms with E-state index in [1.54, 1.807) is 42.3 Å². The number of amides is 1. The molecule has 0 spiro atoms. The number of anilines is 1. The minimum atomic E-state index is -0.445. The summed E-state index contributed by atoms with van der Waals surface area (Å²) in [5, 5.41) is 10.9. The Morgan fingerprint density at radius 3 is 2.69 bits per heavy atom. The fourth-order valence-electron chi connectivity index (χ4n) is 3.04. The Labute approximate surface area is 149 Å². The van der Waals surface area contributed by atoms with Gasteiger partial charge in [0, 0.05) is 30.3 Å². The van der Waals surface area contributed by atoms with Crippen molar-refractivity contribution in [3.63, 3.8) is 0 Å². The van der Waals surface area contributed by atoms with Crippen molar-refractivity contribution >= 4 is 28.9 Å². The fraction of sp³-hybridized carbons (Fsp3) is 0.0500. The molecule has 1 aliphatic heterocycles. The molecule has 128 valence electrons. The highest BCUT2D eigenvalue weighted by molar-refractivity contribution is 6.35. The highest BCUT2D eigenvalue weighted by Gasteiger charge is 2.29. The number of rotatable bonds is 3. The average Bonchev–Trinajstić information content (AvgIpc) is 3.22. The van der Waals surface area contributed by atoms with E-state index in [4.69, 9.17) is 4.42 Å².